The number of halogens is 1. The van der Waals surface area contributed by atoms with Crippen molar-refractivity contribution in [3.63, 3.8) is 0 Å². The SMILES string of the molecule is CC(C)c1nnsc1C(=O)N(C)CCOCCBr. The first-order valence-electron chi connectivity index (χ1n) is 5.79. The fraction of sp³-hybridized carbons (Fsp3) is 0.727. The van der Waals surface area contributed by atoms with E-state index >= 15 is 0 Å². The number of alkyl halides is 1. The Kier molecular flexibility index (Phi) is 6.73. The van der Waals surface area contributed by atoms with E-state index in [4.69, 9.17) is 4.74 Å². The van der Waals surface area contributed by atoms with E-state index in [9.17, 15) is 4.79 Å². The summed E-state index contributed by atoms with van der Waals surface area (Å²) in [5.41, 5.74) is 0.776. The van der Waals surface area contributed by atoms with Gasteiger partial charge in [-0.05, 0) is 17.5 Å². The zero-order valence-corrected chi connectivity index (χ0v) is 13.3. The third-order valence-electron chi connectivity index (χ3n) is 2.39. The van der Waals surface area contributed by atoms with Gasteiger partial charge in [0.1, 0.15) is 4.88 Å². The number of aromatic nitrogens is 2. The summed E-state index contributed by atoms with van der Waals surface area (Å²) in [6.45, 7) is 5.78. The van der Waals surface area contributed by atoms with Crippen molar-refractivity contribution < 1.29 is 9.53 Å². The van der Waals surface area contributed by atoms with E-state index in [1.807, 2.05) is 13.8 Å². The largest absolute Gasteiger partial charge is 0.379 e. The van der Waals surface area contributed by atoms with Gasteiger partial charge in [0.2, 0.25) is 0 Å². The van der Waals surface area contributed by atoms with Gasteiger partial charge in [-0.1, -0.05) is 34.3 Å². The summed E-state index contributed by atoms with van der Waals surface area (Å²) < 4.78 is 9.19. The molecule has 18 heavy (non-hydrogen) atoms. The number of rotatable bonds is 7. The third-order valence-corrected chi connectivity index (χ3v) is 3.45. The molecule has 7 heteroatoms. The van der Waals surface area contributed by atoms with Crippen molar-refractivity contribution in [1.29, 1.82) is 0 Å². The molecule has 0 spiro atoms. The van der Waals surface area contributed by atoms with Crippen LogP contribution in [0.4, 0.5) is 0 Å². The van der Waals surface area contributed by atoms with Crippen molar-refractivity contribution in [1.82, 2.24) is 14.5 Å². The smallest absolute Gasteiger partial charge is 0.267 e. The Morgan fingerprint density at radius 3 is 2.83 bits per heavy atom. The molecule has 0 bridgehead atoms. The molecule has 0 N–H and O–H groups in total. The highest BCUT2D eigenvalue weighted by Crippen LogP contribution is 2.20. The van der Waals surface area contributed by atoms with Crippen molar-refractivity contribution in [2.45, 2.75) is 19.8 Å². The third kappa shape index (κ3) is 4.29. The van der Waals surface area contributed by atoms with Crippen LogP contribution in [0, 0.1) is 0 Å². The molecule has 0 radical (unpaired) electrons. The Balaban J connectivity index is 2.55. The van der Waals surface area contributed by atoms with Crippen LogP contribution in [-0.4, -0.2) is 52.5 Å². The van der Waals surface area contributed by atoms with E-state index in [2.05, 4.69) is 25.5 Å². The normalized spacial score (nSPS) is 10.9. The van der Waals surface area contributed by atoms with Crippen LogP contribution in [0.1, 0.15) is 35.1 Å². The Bertz CT molecular complexity index is 384. The number of likely N-dealkylation sites (N-methyl/N-ethyl adjacent to an activating group) is 1. The number of hydrogen-bond donors (Lipinski definition) is 0. The maximum Gasteiger partial charge on any atom is 0.267 e. The lowest BCUT2D eigenvalue weighted by molar-refractivity contribution is 0.0716. The summed E-state index contributed by atoms with van der Waals surface area (Å²) in [6, 6.07) is 0. The summed E-state index contributed by atoms with van der Waals surface area (Å²) >= 11 is 4.44. The first kappa shape index (κ1) is 15.5. The Labute approximate surface area is 120 Å². The Hall–Kier alpha value is -0.530. The molecule has 5 nitrogen and oxygen atoms in total. The maximum atomic E-state index is 12.2. The van der Waals surface area contributed by atoms with Crippen molar-refractivity contribution >= 4 is 33.4 Å². The molecule has 1 aromatic rings. The minimum atomic E-state index is -0.0313. The first-order chi connectivity index (χ1) is 8.57. The van der Waals surface area contributed by atoms with Crippen molar-refractivity contribution in [3.8, 4) is 0 Å². The zero-order valence-electron chi connectivity index (χ0n) is 10.9. The van der Waals surface area contributed by atoms with Gasteiger partial charge in [0.25, 0.3) is 5.91 Å². The van der Waals surface area contributed by atoms with Crippen LogP contribution in [0.3, 0.4) is 0 Å². The number of nitrogens with zero attached hydrogens (tertiary/aromatic N) is 3. The molecule has 1 rings (SSSR count). The van der Waals surface area contributed by atoms with Crippen molar-refractivity contribution in [3.05, 3.63) is 10.6 Å². The predicted molar refractivity (Wildman–Crippen MR) is 75.6 cm³/mol. The number of carbonyl (C=O) groups is 1. The fourth-order valence-corrected chi connectivity index (χ4v) is 2.40. The molecule has 1 amide bonds. The van der Waals surface area contributed by atoms with Gasteiger partial charge in [-0.2, -0.15) is 0 Å². The quantitative estimate of drug-likeness (QED) is 0.566. The molecule has 0 aromatic carbocycles. The second kappa shape index (κ2) is 7.81. The van der Waals surface area contributed by atoms with Crippen LogP contribution in [0.15, 0.2) is 0 Å². The molecule has 0 saturated carbocycles. The predicted octanol–water partition coefficient (Wildman–Crippen LogP) is 2.15. The topological polar surface area (TPSA) is 55.3 Å². The van der Waals surface area contributed by atoms with Gasteiger partial charge in [-0.3, -0.25) is 4.79 Å². The summed E-state index contributed by atoms with van der Waals surface area (Å²) in [5.74, 6) is 0.178. The van der Waals surface area contributed by atoms with E-state index < -0.39 is 0 Å². The van der Waals surface area contributed by atoms with Gasteiger partial charge in [-0.15, -0.1) is 5.10 Å². The van der Waals surface area contributed by atoms with Gasteiger partial charge >= 0.3 is 0 Å². The molecule has 0 fully saturated rings. The number of ether oxygens (including phenoxy) is 1. The second-order valence-corrected chi connectivity index (χ2v) is 5.72. The van der Waals surface area contributed by atoms with Gasteiger partial charge < -0.3 is 9.64 Å². The van der Waals surface area contributed by atoms with Gasteiger partial charge in [0, 0.05) is 18.9 Å². The minimum absolute atomic E-state index is 0.0313. The van der Waals surface area contributed by atoms with Gasteiger partial charge in [-0.25, -0.2) is 0 Å². The number of amides is 1. The Morgan fingerprint density at radius 1 is 1.50 bits per heavy atom. The van der Waals surface area contributed by atoms with Crippen LogP contribution in [0.25, 0.3) is 0 Å². The first-order valence-corrected chi connectivity index (χ1v) is 7.68. The van der Waals surface area contributed by atoms with E-state index in [0.29, 0.717) is 24.6 Å². The maximum absolute atomic E-state index is 12.2. The van der Waals surface area contributed by atoms with Crippen molar-refractivity contribution in [2.75, 3.05) is 32.1 Å². The molecule has 0 aliphatic rings. The molecule has 0 unspecified atom stereocenters. The highest BCUT2D eigenvalue weighted by atomic mass is 79.9. The van der Waals surface area contributed by atoms with E-state index in [1.165, 1.54) is 0 Å². The van der Waals surface area contributed by atoms with Crippen molar-refractivity contribution in [2.24, 2.45) is 0 Å². The standard InChI is InChI=1S/C11H18BrN3O2S/c1-8(2)9-10(18-14-13-9)11(16)15(3)5-7-17-6-4-12/h8H,4-7H2,1-3H3. The van der Waals surface area contributed by atoms with E-state index in [1.54, 1.807) is 11.9 Å². The summed E-state index contributed by atoms with van der Waals surface area (Å²) in [4.78, 5) is 14.5. The van der Waals surface area contributed by atoms with E-state index in [0.717, 1.165) is 22.6 Å². The average molecular weight is 336 g/mol. The van der Waals surface area contributed by atoms with Crippen LogP contribution in [0.5, 0.6) is 0 Å². The molecule has 0 atom stereocenters. The molecule has 102 valence electrons. The summed E-state index contributed by atoms with van der Waals surface area (Å²) in [7, 11) is 1.77. The molecule has 0 aliphatic heterocycles. The van der Waals surface area contributed by atoms with Gasteiger partial charge in [0.05, 0.1) is 18.9 Å². The molecular formula is C11H18BrN3O2S. The highest BCUT2D eigenvalue weighted by Gasteiger charge is 2.21. The monoisotopic (exact) mass is 335 g/mol. The zero-order chi connectivity index (χ0) is 13.5. The highest BCUT2D eigenvalue weighted by molar-refractivity contribution is 9.09. The molecule has 0 saturated heterocycles. The van der Waals surface area contributed by atoms with Crippen LogP contribution < -0.4 is 0 Å². The van der Waals surface area contributed by atoms with Crippen LogP contribution in [-0.2, 0) is 4.74 Å². The molecule has 1 heterocycles. The van der Waals surface area contributed by atoms with Gasteiger partial charge in [0.15, 0.2) is 0 Å². The molecular weight excluding hydrogens is 318 g/mol. The Morgan fingerprint density at radius 2 is 2.22 bits per heavy atom. The lowest BCUT2D eigenvalue weighted by Gasteiger charge is -2.16. The molecule has 0 aliphatic carbocycles. The average Bonchev–Trinajstić information content (AvgIpc) is 2.82. The minimum Gasteiger partial charge on any atom is -0.379 e. The van der Waals surface area contributed by atoms with Crippen LogP contribution in [0.2, 0.25) is 0 Å². The second-order valence-electron chi connectivity index (χ2n) is 4.17. The summed E-state index contributed by atoms with van der Waals surface area (Å²) in [5, 5.41) is 4.82. The van der Waals surface area contributed by atoms with Crippen LogP contribution >= 0.6 is 27.5 Å². The number of hydrogen-bond acceptors (Lipinski definition) is 5. The fourth-order valence-electron chi connectivity index (χ4n) is 1.36. The summed E-state index contributed by atoms with van der Waals surface area (Å²) in [6.07, 6.45) is 0. The lowest BCUT2D eigenvalue weighted by atomic mass is 10.1. The lowest BCUT2D eigenvalue weighted by Crippen LogP contribution is -2.30. The van der Waals surface area contributed by atoms with E-state index in [-0.39, 0.29) is 11.8 Å². The number of carbonyl (C=O) groups excluding carboxylic acids is 1. The molecule has 1 aromatic heterocycles.